The molecule has 1 heterocycles. The first-order valence-electron chi connectivity index (χ1n) is 5.17. The van der Waals surface area contributed by atoms with Crippen molar-refractivity contribution in [1.82, 2.24) is 0 Å². The molecule has 1 aromatic rings. The Morgan fingerprint density at radius 1 is 1.38 bits per heavy atom. The van der Waals surface area contributed by atoms with Gasteiger partial charge in [0.2, 0.25) is 0 Å². The molecule has 3 nitrogen and oxygen atoms in total. The molecular formula is C11H14BNO2S. The first kappa shape index (κ1) is 11.7. The summed E-state index contributed by atoms with van der Waals surface area (Å²) in [5.41, 5.74) is 1.44. The predicted octanol–water partition coefficient (Wildman–Crippen LogP) is 0.638. The largest absolute Gasteiger partial charge is 0.488 e. The zero-order valence-electron chi connectivity index (χ0n) is 9.34. The maximum Gasteiger partial charge on any atom is 0.488 e. The molecule has 2 rings (SSSR count). The monoisotopic (exact) mass is 235 g/mol. The fourth-order valence-corrected chi connectivity index (χ4v) is 2.72. The quantitative estimate of drug-likeness (QED) is 0.739. The van der Waals surface area contributed by atoms with Gasteiger partial charge in [0.25, 0.3) is 0 Å². The molecule has 0 unspecified atom stereocenters. The predicted molar refractivity (Wildman–Crippen MR) is 69.3 cm³/mol. The van der Waals surface area contributed by atoms with Crippen LogP contribution in [0, 0.1) is 0 Å². The first-order valence-corrected chi connectivity index (χ1v) is 6.16. The van der Waals surface area contributed by atoms with E-state index >= 15 is 0 Å². The van der Waals surface area contributed by atoms with Crippen LogP contribution in [0.1, 0.15) is 19.4 Å². The van der Waals surface area contributed by atoms with Gasteiger partial charge in [-0.2, -0.15) is 0 Å². The third-order valence-corrected chi connectivity index (χ3v) is 3.85. The van der Waals surface area contributed by atoms with Gasteiger partial charge in [0.05, 0.1) is 10.6 Å². The highest BCUT2D eigenvalue weighted by atomic mass is 32.2. The summed E-state index contributed by atoms with van der Waals surface area (Å²) in [6, 6.07) is 7.23. The number of benzene rings is 1. The van der Waals surface area contributed by atoms with Crippen LogP contribution < -0.4 is 5.46 Å². The number of hydrogen-bond donors (Lipinski definition) is 2. The van der Waals surface area contributed by atoms with Crippen LogP contribution in [0.25, 0.3) is 0 Å². The van der Waals surface area contributed by atoms with E-state index in [1.54, 1.807) is 23.9 Å². The summed E-state index contributed by atoms with van der Waals surface area (Å²) in [5.74, 6) is 0.967. The molecule has 0 radical (unpaired) electrons. The van der Waals surface area contributed by atoms with Crippen molar-refractivity contribution in [2.75, 3.05) is 5.75 Å². The lowest BCUT2D eigenvalue weighted by Crippen LogP contribution is -2.30. The molecule has 0 saturated carbocycles. The number of thioether (sulfide) groups is 1. The minimum atomic E-state index is -1.42. The number of rotatable bonds is 2. The Hall–Kier alpha value is -0.775. The van der Waals surface area contributed by atoms with E-state index in [2.05, 4.69) is 18.8 Å². The molecule has 0 amide bonds. The Labute approximate surface area is 99.7 Å². The average Bonchev–Trinajstić information content (AvgIpc) is 2.59. The Morgan fingerprint density at radius 3 is 2.69 bits per heavy atom. The molecule has 5 heteroatoms. The van der Waals surface area contributed by atoms with Gasteiger partial charge in [0.15, 0.2) is 0 Å². The molecule has 0 bridgehead atoms. The van der Waals surface area contributed by atoms with Crippen molar-refractivity contribution >= 4 is 29.4 Å². The van der Waals surface area contributed by atoms with Crippen LogP contribution >= 0.6 is 11.8 Å². The van der Waals surface area contributed by atoms with Crippen molar-refractivity contribution in [3.63, 3.8) is 0 Å². The van der Waals surface area contributed by atoms with Crippen LogP contribution in [0.3, 0.4) is 0 Å². The van der Waals surface area contributed by atoms with Gasteiger partial charge in [-0.3, -0.25) is 4.99 Å². The molecule has 1 aliphatic rings. The van der Waals surface area contributed by atoms with Crippen LogP contribution in [-0.4, -0.2) is 33.5 Å². The molecule has 0 aromatic heterocycles. The Balaban J connectivity index is 2.32. The zero-order chi connectivity index (χ0) is 11.8. The first-order chi connectivity index (χ1) is 7.48. The van der Waals surface area contributed by atoms with E-state index in [0.717, 1.165) is 16.4 Å². The lowest BCUT2D eigenvalue weighted by molar-refractivity contribution is 0.426. The Morgan fingerprint density at radius 2 is 2.12 bits per heavy atom. The highest BCUT2D eigenvalue weighted by Gasteiger charge is 2.26. The van der Waals surface area contributed by atoms with Crippen molar-refractivity contribution in [3.05, 3.63) is 29.8 Å². The van der Waals surface area contributed by atoms with E-state index in [-0.39, 0.29) is 5.54 Å². The third-order valence-electron chi connectivity index (χ3n) is 2.40. The summed E-state index contributed by atoms with van der Waals surface area (Å²) >= 11 is 1.71. The van der Waals surface area contributed by atoms with Gasteiger partial charge in [-0.05, 0) is 19.3 Å². The van der Waals surface area contributed by atoms with Gasteiger partial charge < -0.3 is 10.0 Å². The van der Waals surface area contributed by atoms with Gasteiger partial charge in [-0.15, -0.1) is 11.8 Å². The molecule has 0 fully saturated rings. The minimum Gasteiger partial charge on any atom is -0.423 e. The lowest BCUT2D eigenvalue weighted by atomic mass is 9.80. The smallest absolute Gasteiger partial charge is 0.423 e. The van der Waals surface area contributed by atoms with E-state index in [1.807, 2.05) is 12.1 Å². The maximum absolute atomic E-state index is 9.10. The lowest BCUT2D eigenvalue weighted by Gasteiger charge is -2.09. The molecule has 0 aliphatic carbocycles. The van der Waals surface area contributed by atoms with Crippen molar-refractivity contribution in [2.24, 2.45) is 4.99 Å². The van der Waals surface area contributed by atoms with Crippen LogP contribution in [0.2, 0.25) is 0 Å². The van der Waals surface area contributed by atoms with E-state index < -0.39 is 7.12 Å². The normalized spacial score (nSPS) is 18.4. The number of hydrogen-bond acceptors (Lipinski definition) is 4. The van der Waals surface area contributed by atoms with Gasteiger partial charge in [-0.1, -0.05) is 24.3 Å². The highest BCUT2D eigenvalue weighted by molar-refractivity contribution is 8.14. The SMILES string of the molecule is CC1(C)CSC(c2cccc(B(O)O)c2)=N1. The molecule has 0 spiro atoms. The van der Waals surface area contributed by atoms with Gasteiger partial charge >= 0.3 is 7.12 Å². The fourth-order valence-electron chi connectivity index (χ4n) is 1.56. The van der Waals surface area contributed by atoms with Gasteiger partial charge in [-0.25, -0.2) is 0 Å². The molecular weight excluding hydrogens is 221 g/mol. The maximum atomic E-state index is 9.10. The molecule has 84 valence electrons. The summed E-state index contributed by atoms with van der Waals surface area (Å²) in [4.78, 5) is 4.61. The summed E-state index contributed by atoms with van der Waals surface area (Å²) in [5, 5.41) is 19.2. The van der Waals surface area contributed by atoms with Crippen molar-refractivity contribution < 1.29 is 10.0 Å². The topological polar surface area (TPSA) is 52.8 Å². The second kappa shape index (κ2) is 4.24. The molecule has 1 aromatic carbocycles. The summed E-state index contributed by atoms with van der Waals surface area (Å²) in [7, 11) is -1.42. The van der Waals surface area contributed by atoms with Crippen molar-refractivity contribution in [1.29, 1.82) is 0 Å². The third kappa shape index (κ3) is 2.48. The van der Waals surface area contributed by atoms with Crippen LogP contribution in [0.4, 0.5) is 0 Å². The summed E-state index contributed by atoms with van der Waals surface area (Å²) in [6.07, 6.45) is 0. The van der Waals surface area contributed by atoms with E-state index in [4.69, 9.17) is 10.0 Å². The second-order valence-electron chi connectivity index (χ2n) is 4.52. The van der Waals surface area contributed by atoms with E-state index in [0.29, 0.717) is 5.46 Å². The van der Waals surface area contributed by atoms with Crippen LogP contribution in [-0.2, 0) is 0 Å². The van der Waals surface area contributed by atoms with Gasteiger partial charge in [0, 0.05) is 11.3 Å². The van der Waals surface area contributed by atoms with Gasteiger partial charge in [0.1, 0.15) is 0 Å². The molecule has 16 heavy (non-hydrogen) atoms. The number of nitrogens with zero attached hydrogens (tertiary/aromatic N) is 1. The zero-order valence-corrected chi connectivity index (χ0v) is 10.2. The van der Waals surface area contributed by atoms with E-state index in [1.165, 1.54) is 0 Å². The Bertz CT molecular complexity index is 432. The van der Waals surface area contributed by atoms with Crippen molar-refractivity contribution in [2.45, 2.75) is 19.4 Å². The minimum absolute atomic E-state index is 0.0200. The van der Waals surface area contributed by atoms with Crippen LogP contribution in [0.15, 0.2) is 29.3 Å². The molecule has 1 aliphatic heterocycles. The average molecular weight is 235 g/mol. The standard InChI is InChI=1S/C11H14BNO2S/c1-11(2)7-16-10(13-11)8-4-3-5-9(6-8)12(14)15/h3-6,14-15H,7H2,1-2H3. The number of aliphatic imine (C=N–C) groups is 1. The van der Waals surface area contributed by atoms with Crippen molar-refractivity contribution in [3.8, 4) is 0 Å². The highest BCUT2D eigenvalue weighted by Crippen LogP contribution is 2.29. The fraction of sp³-hybridized carbons (Fsp3) is 0.364. The van der Waals surface area contributed by atoms with E-state index in [9.17, 15) is 0 Å². The molecule has 0 saturated heterocycles. The Kier molecular flexibility index (Phi) is 3.10. The summed E-state index contributed by atoms with van der Waals surface area (Å²) < 4.78 is 0. The second-order valence-corrected chi connectivity index (χ2v) is 5.48. The molecule has 0 atom stereocenters. The summed E-state index contributed by atoms with van der Waals surface area (Å²) in [6.45, 7) is 4.19. The molecule has 2 N–H and O–H groups in total. The van der Waals surface area contributed by atoms with Crippen LogP contribution in [0.5, 0.6) is 0 Å².